The highest BCUT2D eigenvalue weighted by Gasteiger charge is 2.13. The Morgan fingerprint density at radius 1 is 1.24 bits per heavy atom. The van der Waals surface area contributed by atoms with E-state index in [1.54, 1.807) is 13.8 Å². The number of esters is 1. The van der Waals surface area contributed by atoms with Crippen LogP contribution in [-0.4, -0.2) is 24.2 Å². The molecule has 1 aliphatic rings. The quantitative estimate of drug-likeness (QED) is 0.233. The molecule has 1 aliphatic carbocycles. The highest BCUT2D eigenvalue weighted by Crippen LogP contribution is 2.26. The van der Waals surface area contributed by atoms with Gasteiger partial charge in [-0.1, -0.05) is 25.6 Å². The maximum Gasteiger partial charge on any atom is 0.302 e. The van der Waals surface area contributed by atoms with E-state index in [2.05, 4.69) is 41.9 Å². The lowest BCUT2D eigenvalue weighted by atomic mass is 10.1. The first kappa shape index (κ1) is 28.9. The number of aryl methyl sites for hydroxylation is 3. The van der Waals surface area contributed by atoms with Crippen molar-refractivity contribution >= 4 is 11.5 Å². The molecule has 0 saturated heterocycles. The zero-order valence-electron chi connectivity index (χ0n) is 21.2. The SMILES string of the molecule is C=C(F)/C=C(\C)c1nc(C)c(CCOc2ccc3c(c2)CCC3)o1.C=CCC.CCOC(C)=O. The number of ether oxygens (including phenoxy) is 2. The van der Waals surface area contributed by atoms with E-state index in [0.717, 1.165) is 30.0 Å². The molecule has 0 fully saturated rings. The Morgan fingerprint density at radius 3 is 2.47 bits per heavy atom. The first-order valence-electron chi connectivity index (χ1n) is 11.7. The van der Waals surface area contributed by atoms with Gasteiger partial charge in [-0.05, 0) is 75.8 Å². The van der Waals surface area contributed by atoms with Crippen LogP contribution >= 0.6 is 0 Å². The molecule has 186 valence electrons. The van der Waals surface area contributed by atoms with Crippen molar-refractivity contribution in [1.82, 2.24) is 4.98 Å². The second-order valence-electron chi connectivity index (χ2n) is 7.81. The van der Waals surface area contributed by atoms with Crippen molar-refractivity contribution in [2.24, 2.45) is 0 Å². The summed E-state index contributed by atoms with van der Waals surface area (Å²) in [5.74, 6) is 1.38. The molecule has 0 bridgehead atoms. The number of benzene rings is 1. The highest BCUT2D eigenvalue weighted by atomic mass is 19.1. The van der Waals surface area contributed by atoms with Crippen LogP contribution in [-0.2, 0) is 28.8 Å². The van der Waals surface area contributed by atoms with Gasteiger partial charge in [-0.25, -0.2) is 9.37 Å². The molecule has 0 spiro atoms. The Morgan fingerprint density at radius 2 is 1.91 bits per heavy atom. The number of fused-ring (bicyclic) bond motifs is 1. The zero-order chi connectivity index (χ0) is 25.5. The molecule has 0 radical (unpaired) electrons. The molecule has 0 atom stereocenters. The summed E-state index contributed by atoms with van der Waals surface area (Å²) < 4.78 is 28.8. The van der Waals surface area contributed by atoms with Crippen LogP contribution in [0, 0.1) is 6.92 Å². The second-order valence-corrected chi connectivity index (χ2v) is 7.81. The van der Waals surface area contributed by atoms with Gasteiger partial charge in [0.15, 0.2) is 0 Å². The Balaban J connectivity index is 0.000000489. The van der Waals surface area contributed by atoms with E-state index >= 15 is 0 Å². The summed E-state index contributed by atoms with van der Waals surface area (Å²) in [6.07, 6.45) is 8.45. The Kier molecular flexibility index (Phi) is 13.3. The van der Waals surface area contributed by atoms with Gasteiger partial charge < -0.3 is 13.9 Å². The number of hydrogen-bond acceptors (Lipinski definition) is 5. The fraction of sp³-hybridized carbons (Fsp3) is 0.429. The molecule has 0 amide bonds. The number of nitrogens with zero attached hydrogens (tertiary/aromatic N) is 1. The lowest BCUT2D eigenvalue weighted by Crippen LogP contribution is -2.02. The average molecular weight is 472 g/mol. The van der Waals surface area contributed by atoms with Crippen molar-refractivity contribution in [2.75, 3.05) is 13.2 Å². The third kappa shape index (κ3) is 10.6. The summed E-state index contributed by atoms with van der Waals surface area (Å²) in [5.41, 5.74) is 4.27. The Hall–Kier alpha value is -3.15. The first-order valence-corrected chi connectivity index (χ1v) is 11.7. The normalized spacial score (nSPS) is 11.9. The molecule has 1 heterocycles. The second kappa shape index (κ2) is 15.6. The van der Waals surface area contributed by atoms with E-state index in [4.69, 9.17) is 9.15 Å². The van der Waals surface area contributed by atoms with Gasteiger partial charge in [0.25, 0.3) is 0 Å². The van der Waals surface area contributed by atoms with Crippen LogP contribution in [0.3, 0.4) is 0 Å². The number of carbonyl (C=O) groups excluding carboxylic acids is 1. The summed E-state index contributed by atoms with van der Waals surface area (Å²) >= 11 is 0. The van der Waals surface area contributed by atoms with Crippen molar-refractivity contribution < 1.29 is 23.1 Å². The Bertz CT molecular complexity index is 975. The minimum absolute atomic E-state index is 0.211. The molecule has 1 aromatic heterocycles. The Labute approximate surface area is 203 Å². The zero-order valence-corrected chi connectivity index (χ0v) is 21.2. The van der Waals surface area contributed by atoms with E-state index < -0.39 is 5.83 Å². The van der Waals surface area contributed by atoms with E-state index in [-0.39, 0.29) is 5.97 Å². The maximum absolute atomic E-state index is 12.9. The maximum atomic E-state index is 12.9. The molecule has 3 rings (SSSR count). The van der Waals surface area contributed by atoms with Gasteiger partial charge in [-0.2, -0.15) is 0 Å². The number of aromatic nitrogens is 1. The fourth-order valence-electron chi connectivity index (χ4n) is 3.23. The lowest BCUT2D eigenvalue weighted by Gasteiger charge is -2.07. The van der Waals surface area contributed by atoms with Crippen molar-refractivity contribution in [2.45, 2.75) is 66.7 Å². The van der Waals surface area contributed by atoms with Gasteiger partial charge in [-0.3, -0.25) is 4.79 Å². The van der Waals surface area contributed by atoms with Crippen LogP contribution in [0.4, 0.5) is 4.39 Å². The number of halogens is 1. The van der Waals surface area contributed by atoms with Crippen LogP contribution in [0.1, 0.15) is 69.0 Å². The van der Waals surface area contributed by atoms with Gasteiger partial charge >= 0.3 is 5.97 Å². The first-order chi connectivity index (χ1) is 16.2. The molecule has 5 nitrogen and oxygen atoms in total. The number of oxazole rings is 1. The summed E-state index contributed by atoms with van der Waals surface area (Å²) in [6, 6.07) is 6.33. The molecule has 34 heavy (non-hydrogen) atoms. The average Bonchev–Trinajstić information content (AvgIpc) is 3.40. The van der Waals surface area contributed by atoms with Crippen molar-refractivity contribution in [3.05, 3.63) is 77.8 Å². The number of rotatable bonds is 8. The van der Waals surface area contributed by atoms with Crippen molar-refractivity contribution in [3.8, 4) is 5.75 Å². The van der Waals surface area contributed by atoms with Gasteiger partial charge in [0.05, 0.1) is 18.9 Å². The van der Waals surface area contributed by atoms with Crippen molar-refractivity contribution in [3.63, 3.8) is 0 Å². The van der Waals surface area contributed by atoms with Gasteiger partial charge in [0.2, 0.25) is 5.89 Å². The van der Waals surface area contributed by atoms with Crippen LogP contribution in [0.2, 0.25) is 0 Å². The van der Waals surface area contributed by atoms with E-state index in [1.807, 2.05) is 19.1 Å². The van der Waals surface area contributed by atoms with Crippen LogP contribution in [0.5, 0.6) is 5.75 Å². The predicted octanol–water partition coefficient (Wildman–Crippen LogP) is 7.13. The highest BCUT2D eigenvalue weighted by molar-refractivity contribution is 5.65. The van der Waals surface area contributed by atoms with Crippen LogP contribution in [0.25, 0.3) is 5.57 Å². The van der Waals surface area contributed by atoms with Gasteiger partial charge in [0.1, 0.15) is 17.3 Å². The molecular weight excluding hydrogens is 433 g/mol. The minimum Gasteiger partial charge on any atom is -0.493 e. The lowest BCUT2D eigenvalue weighted by molar-refractivity contribution is -0.140. The van der Waals surface area contributed by atoms with Gasteiger partial charge in [0, 0.05) is 18.9 Å². The standard InChI is InChI=1S/C20H22FNO2.C4H8O2.C4H8/c1-13(11-14(2)21)20-22-15(3)19(24-20)9-10-23-18-8-7-16-5-4-6-17(16)12-18;1-3-6-4(2)5;1-3-4-2/h7-8,11-12H,2,4-6,9-10H2,1,3H3;3H2,1-2H3;3H,1,4H2,2H3/b13-11+;;. The minimum atomic E-state index is -0.509. The van der Waals surface area contributed by atoms with E-state index in [1.165, 1.54) is 37.0 Å². The molecule has 0 saturated carbocycles. The molecule has 2 aromatic rings. The number of allylic oxidation sites excluding steroid dienone is 4. The largest absolute Gasteiger partial charge is 0.493 e. The molecule has 6 heteroatoms. The summed E-state index contributed by atoms with van der Waals surface area (Å²) in [7, 11) is 0. The van der Waals surface area contributed by atoms with Crippen LogP contribution in [0.15, 0.2) is 53.8 Å². The predicted molar refractivity (Wildman–Crippen MR) is 136 cm³/mol. The summed E-state index contributed by atoms with van der Waals surface area (Å²) in [4.78, 5) is 14.2. The third-order valence-corrected chi connectivity index (χ3v) is 4.91. The molecule has 1 aromatic carbocycles. The molecule has 0 unspecified atom stereocenters. The smallest absolute Gasteiger partial charge is 0.302 e. The summed E-state index contributed by atoms with van der Waals surface area (Å²) in [6.45, 7) is 16.6. The van der Waals surface area contributed by atoms with Crippen LogP contribution < -0.4 is 4.74 Å². The molecular formula is C28H38FNO4. The molecule has 0 N–H and O–H groups in total. The number of carbonyl (C=O) groups is 1. The van der Waals surface area contributed by atoms with Crippen molar-refractivity contribution in [1.29, 1.82) is 0 Å². The molecule has 0 aliphatic heterocycles. The topological polar surface area (TPSA) is 61.6 Å². The third-order valence-electron chi connectivity index (χ3n) is 4.91. The van der Waals surface area contributed by atoms with E-state index in [9.17, 15) is 9.18 Å². The van der Waals surface area contributed by atoms with Gasteiger partial charge in [-0.15, -0.1) is 6.58 Å². The number of hydrogen-bond donors (Lipinski definition) is 0. The monoisotopic (exact) mass is 471 g/mol. The van der Waals surface area contributed by atoms with E-state index in [0.29, 0.717) is 31.1 Å². The fourth-order valence-corrected chi connectivity index (χ4v) is 3.23. The summed E-state index contributed by atoms with van der Waals surface area (Å²) in [5, 5.41) is 0.